The lowest BCUT2D eigenvalue weighted by molar-refractivity contribution is -0.138. The summed E-state index contributed by atoms with van der Waals surface area (Å²) in [5, 5.41) is 9.46. The van der Waals surface area contributed by atoms with Crippen LogP contribution in [0, 0.1) is 5.82 Å². The van der Waals surface area contributed by atoms with Crippen molar-refractivity contribution in [2.75, 3.05) is 0 Å². The second kappa shape index (κ2) is 7.93. The van der Waals surface area contributed by atoms with E-state index in [2.05, 4.69) is 29.3 Å². The molecule has 1 aliphatic rings. The first-order valence-corrected chi connectivity index (χ1v) is 11.1. The van der Waals surface area contributed by atoms with Crippen LogP contribution in [0.5, 0.6) is 0 Å². The Morgan fingerprint density at radius 3 is 2.56 bits per heavy atom. The quantitative estimate of drug-likeness (QED) is 0.403. The van der Waals surface area contributed by atoms with Crippen molar-refractivity contribution in [3.63, 3.8) is 0 Å². The molecule has 2 aromatic heterocycles. The summed E-state index contributed by atoms with van der Waals surface area (Å²) >= 11 is 1.36. The second-order valence-electron chi connectivity index (χ2n) is 7.91. The van der Waals surface area contributed by atoms with Gasteiger partial charge in [0.25, 0.3) is 0 Å². The highest BCUT2D eigenvalue weighted by Gasteiger charge is 2.39. The standard InChI is InChI=1S/C25H20FN3O2S/c26-18-14-15(7-9-19(27)24(30)31)6-8-17(18)22-28-20-10-11-21(29-23(20)32-22)25(12-13-25)16-4-2-1-3-5-16/h1-6,8,10-14,19H,7,9,27H2,(H,30,31)/t19-/m1/s1. The van der Waals surface area contributed by atoms with Crippen LogP contribution in [0.15, 0.2) is 72.8 Å². The topological polar surface area (TPSA) is 89.1 Å². The van der Waals surface area contributed by atoms with Gasteiger partial charge in [0.2, 0.25) is 0 Å². The molecule has 5 nitrogen and oxygen atoms in total. The van der Waals surface area contributed by atoms with Gasteiger partial charge in [-0.1, -0.05) is 59.9 Å². The summed E-state index contributed by atoms with van der Waals surface area (Å²) in [7, 11) is 0. The predicted molar refractivity (Wildman–Crippen MR) is 123 cm³/mol. The minimum absolute atomic E-state index is 0.249. The van der Waals surface area contributed by atoms with Gasteiger partial charge in [-0.2, -0.15) is 0 Å². The number of benzene rings is 2. The number of fused-ring (bicyclic) bond motifs is 1. The van der Waals surface area contributed by atoms with Crippen LogP contribution in [0.25, 0.3) is 20.9 Å². The molecule has 7 heteroatoms. The molecule has 0 spiro atoms. The second-order valence-corrected chi connectivity index (χ2v) is 8.88. The molecule has 2 aromatic carbocycles. The summed E-state index contributed by atoms with van der Waals surface area (Å²) in [5.74, 6) is -1.45. The van der Waals surface area contributed by atoms with Crippen LogP contribution >= 0.6 is 11.3 Å². The van der Waals surface area contributed by atoms with Crippen LogP contribution in [0.2, 0.25) is 0 Å². The fourth-order valence-electron chi connectivity index (χ4n) is 3.80. The van der Waals surface area contributed by atoms with E-state index in [-0.39, 0.29) is 11.8 Å². The molecule has 1 aliphatic carbocycles. The number of nitrogens with zero attached hydrogens (tertiary/aromatic N) is 2. The van der Waals surface area contributed by atoms with E-state index in [0.29, 0.717) is 22.6 Å². The maximum Gasteiger partial charge on any atom is 0.320 e. The molecule has 32 heavy (non-hydrogen) atoms. The SMILES string of the molecule is N[C@H](CCc1ccc(-c2nc3ccc(C4(c5ccccc5)C=C4)nc3s2)c(F)c1)C(=O)O. The van der Waals surface area contributed by atoms with Gasteiger partial charge < -0.3 is 10.8 Å². The lowest BCUT2D eigenvalue weighted by Crippen LogP contribution is -2.30. The molecule has 160 valence electrons. The van der Waals surface area contributed by atoms with Gasteiger partial charge >= 0.3 is 5.97 Å². The van der Waals surface area contributed by atoms with Crippen molar-refractivity contribution in [2.45, 2.75) is 24.3 Å². The number of aliphatic carboxylic acids is 1. The molecule has 0 radical (unpaired) electrons. The molecule has 0 bridgehead atoms. The van der Waals surface area contributed by atoms with E-state index in [1.165, 1.54) is 23.0 Å². The van der Waals surface area contributed by atoms with Crippen molar-refractivity contribution >= 4 is 27.7 Å². The molecule has 0 fully saturated rings. The molecule has 0 amide bonds. The largest absolute Gasteiger partial charge is 0.480 e. The zero-order valence-corrected chi connectivity index (χ0v) is 17.8. The Balaban J connectivity index is 1.42. The first-order valence-electron chi connectivity index (χ1n) is 10.3. The Morgan fingerprint density at radius 2 is 1.88 bits per heavy atom. The predicted octanol–water partition coefficient (Wildman–Crippen LogP) is 4.70. The third kappa shape index (κ3) is 3.70. The molecule has 5 rings (SSSR count). The molecule has 2 heterocycles. The average molecular weight is 446 g/mol. The van der Waals surface area contributed by atoms with E-state index >= 15 is 0 Å². The van der Waals surface area contributed by atoms with E-state index in [1.807, 2.05) is 30.3 Å². The summed E-state index contributed by atoms with van der Waals surface area (Å²) in [4.78, 5) is 21.1. The third-order valence-electron chi connectivity index (χ3n) is 5.76. The Kier molecular flexibility index (Phi) is 5.07. The number of thiazole rings is 1. The Morgan fingerprint density at radius 1 is 1.09 bits per heavy atom. The van der Waals surface area contributed by atoms with Crippen molar-refractivity contribution in [3.8, 4) is 10.6 Å². The molecule has 3 N–H and O–H groups in total. The van der Waals surface area contributed by atoms with E-state index in [0.717, 1.165) is 16.0 Å². The number of aromatic nitrogens is 2. The van der Waals surface area contributed by atoms with Gasteiger partial charge in [0.05, 0.1) is 11.1 Å². The van der Waals surface area contributed by atoms with Gasteiger partial charge in [-0.3, -0.25) is 4.79 Å². The maximum atomic E-state index is 14.8. The number of carboxylic acid groups (broad SMARTS) is 1. The summed E-state index contributed by atoms with van der Waals surface area (Å²) in [6, 6.07) is 18.0. The minimum Gasteiger partial charge on any atom is -0.480 e. The number of pyridine rings is 1. The molecule has 0 saturated heterocycles. The van der Waals surface area contributed by atoms with E-state index in [9.17, 15) is 9.18 Å². The molecular weight excluding hydrogens is 425 g/mol. The number of allylic oxidation sites excluding steroid dienone is 2. The highest BCUT2D eigenvalue weighted by molar-refractivity contribution is 7.21. The van der Waals surface area contributed by atoms with Crippen molar-refractivity contribution in [1.82, 2.24) is 9.97 Å². The molecule has 0 unspecified atom stereocenters. The molecule has 0 saturated carbocycles. The van der Waals surface area contributed by atoms with Gasteiger partial charge in [-0.25, -0.2) is 14.4 Å². The summed E-state index contributed by atoms with van der Waals surface area (Å²) < 4.78 is 14.8. The van der Waals surface area contributed by atoms with Crippen molar-refractivity contribution in [3.05, 3.63) is 95.5 Å². The maximum absolute atomic E-state index is 14.8. The van der Waals surface area contributed by atoms with Crippen LogP contribution in [0.3, 0.4) is 0 Å². The van der Waals surface area contributed by atoms with Gasteiger partial charge in [-0.15, -0.1) is 0 Å². The Bertz CT molecular complexity index is 1340. The number of aryl methyl sites for hydroxylation is 1. The molecule has 4 aromatic rings. The molecule has 0 aliphatic heterocycles. The van der Waals surface area contributed by atoms with Gasteiger partial charge in [0.1, 0.15) is 27.2 Å². The van der Waals surface area contributed by atoms with Crippen molar-refractivity contribution < 1.29 is 14.3 Å². The summed E-state index contributed by atoms with van der Waals surface area (Å²) in [5.41, 5.74) is 9.20. The van der Waals surface area contributed by atoms with Gasteiger partial charge in [0.15, 0.2) is 0 Å². The number of carbonyl (C=O) groups is 1. The number of rotatable bonds is 7. The first-order chi connectivity index (χ1) is 15.5. The number of hydrogen-bond donors (Lipinski definition) is 2. The Labute approximate surface area is 188 Å². The average Bonchev–Trinajstić information content (AvgIpc) is 3.51. The van der Waals surface area contributed by atoms with Crippen LogP contribution in [0.1, 0.15) is 23.2 Å². The first kappa shape index (κ1) is 20.5. The molecular formula is C25H20FN3O2S. The zero-order valence-electron chi connectivity index (χ0n) is 17.0. The van der Waals surface area contributed by atoms with Crippen molar-refractivity contribution in [2.24, 2.45) is 5.73 Å². The highest BCUT2D eigenvalue weighted by atomic mass is 32.1. The van der Waals surface area contributed by atoms with Crippen molar-refractivity contribution in [1.29, 1.82) is 0 Å². The summed E-state index contributed by atoms with van der Waals surface area (Å²) in [6.45, 7) is 0. The highest BCUT2D eigenvalue weighted by Crippen LogP contribution is 2.45. The number of carboxylic acids is 1. The fourth-order valence-corrected chi connectivity index (χ4v) is 4.77. The summed E-state index contributed by atoms with van der Waals surface area (Å²) in [6.07, 6.45) is 4.91. The fraction of sp³-hybridized carbons (Fsp3) is 0.160. The Hall–Kier alpha value is -3.42. The lowest BCUT2D eigenvalue weighted by Gasteiger charge is -2.15. The van der Waals surface area contributed by atoms with E-state index in [1.54, 1.807) is 12.1 Å². The lowest BCUT2D eigenvalue weighted by atomic mass is 9.89. The number of nitrogens with two attached hydrogens (primary N) is 1. The van der Waals surface area contributed by atoms with Crippen LogP contribution < -0.4 is 5.73 Å². The minimum atomic E-state index is -1.06. The monoisotopic (exact) mass is 445 g/mol. The number of halogens is 1. The number of hydrogen-bond acceptors (Lipinski definition) is 5. The molecule has 1 atom stereocenters. The normalized spacial score (nSPS) is 15.1. The van der Waals surface area contributed by atoms with Crippen LogP contribution in [0.4, 0.5) is 4.39 Å². The van der Waals surface area contributed by atoms with Gasteiger partial charge in [-0.05, 0) is 48.2 Å². The third-order valence-corrected chi connectivity index (χ3v) is 6.75. The van der Waals surface area contributed by atoms with Crippen LogP contribution in [-0.4, -0.2) is 27.1 Å². The van der Waals surface area contributed by atoms with Gasteiger partial charge in [0, 0.05) is 5.56 Å². The van der Waals surface area contributed by atoms with E-state index < -0.39 is 17.8 Å². The van der Waals surface area contributed by atoms with Crippen LogP contribution in [-0.2, 0) is 16.6 Å². The van der Waals surface area contributed by atoms with E-state index in [4.69, 9.17) is 15.8 Å². The zero-order chi connectivity index (χ0) is 22.3. The smallest absolute Gasteiger partial charge is 0.320 e.